The number of aliphatic carboxylic acids is 1. The van der Waals surface area contributed by atoms with Crippen LogP contribution in [0.3, 0.4) is 0 Å². The molecule has 7 heteroatoms. The van der Waals surface area contributed by atoms with Crippen molar-refractivity contribution in [3.05, 3.63) is 22.7 Å². The van der Waals surface area contributed by atoms with Gasteiger partial charge in [-0.3, -0.25) is 9.59 Å². The number of nitrogens with zero attached hydrogens (tertiary/aromatic N) is 3. The Morgan fingerprint density at radius 3 is 2.63 bits per heavy atom. The Balaban J connectivity index is 2.92. The van der Waals surface area contributed by atoms with Crippen molar-refractivity contribution in [3.8, 4) is 0 Å². The van der Waals surface area contributed by atoms with Gasteiger partial charge in [-0.2, -0.15) is 0 Å². The Kier molecular flexibility index (Phi) is 5.23. The molecule has 0 radical (unpaired) electrons. The quantitative estimate of drug-likeness (QED) is 0.892. The summed E-state index contributed by atoms with van der Waals surface area (Å²) >= 11 is 5.91. The number of carboxylic acid groups (broad SMARTS) is 1. The zero-order valence-corrected chi connectivity index (χ0v) is 11.8. The van der Waals surface area contributed by atoms with E-state index in [0.717, 1.165) is 0 Å². The molecule has 1 aromatic heterocycles. The smallest absolute Gasteiger partial charge is 0.305 e. The number of hydrogen-bond donors (Lipinski definition) is 1. The summed E-state index contributed by atoms with van der Waals surface area (Å²) in [6.45, 7) is 3.92. The fourth-order valence-corrected chi connectivity index (χ4v) is 1.53. The van der Waals surface area contributed by atoms with Gasteiger partial charge in [0.25, 0.3) is 5.91 Å². The summed E-state index contributed by atoms with van der Waals surface area (Å²) < 4.78 is 0. The molecule has 19 heavy (non-hydrogen) atoms. The molecule has 104 valence electrons. The Bertz CT molecular complexity index is 491. The van der Waals surface area contributed by atoms with Crippen molar-refractivity contribution in [1.82, 2.24) is 14.9 Å². The highest BCUT2D eigenvalue weighted by atomic mass is 35.5. The molecular weight excluding hydrogens is 270 g/mol. The molecule has 0 aliphatic carbocycles. The zero-order valence-electron chi connectivity index (χ0n) is 11.1. The first kappa shape index (κ1) is 15.4. The number of halogens is 1. The predicted molar refractivity (Wildman–Crippen MR) is 70.3 cm³/mol. The molecule has 0 spiro atoms. The van der Waals surface area contributed by atoms with Crippen LogP contribution < -0.4 is 0 Å². The van der Waals surface area contributed by atoms with E-state index in [9.17, 15) is 9.59 Å². The largest absolute Gasteiger partial charge is 0.481 e. The minimum absolute atomic E-state index is 0.0770. The van der Waals surface area contributed by atoms with Gasteiger partial charge in [-0.25, -0.2) is 9.97 Å². The minimum Gasteiger partial charge on any atom is -0.481 e. The fraction of sp³-hybridized carbons (Fsp3) is 0.500. The van der Waals surface area contributed by atoms with Crippen LogP contribution >= 0.6 is 11.6 Å². The van der Waals surface area contributed by atoms with E-state index in [2.05, 4.69) is 9.97 Å². The first-order valence-corrected chi connectivity index (χ1v) is 6.20. The van der Waals surface area contributed by atoms with Crippen molar-refractivity contribution >= 4 is 23.5 Å². The molecule has 0 saturated carbocycles. The van der Waals surface area contributed by atoms with Gasteiger partial charge in [0.1, 0.15) is 5.82 Å². The monoisotopic (exact) mass is 285 g/mol. The Morgan fingerprint density at radius 1 is 1.47 bits per heavy atom. The lowest BCUT2D eigenvalue weighted by atomic mass is 10.2. The Labute approximate surface area is 116 Å². The molecule has 0 saturated heterocycles. The van der Waals surface area contributed by atoms with Crippen molar-refractivity contribution < 1.29 is 14.7 Å². The summed E-state index contributed by atoms with van der Waals surface area (Å²) in [6, 6.07) is 0. The summed E-state index contributed by atoms with van der Waals surface area (Å²) in [4.78, 5) is 32.1. The molecule has 1 amide bonds. The lowest BCUT2D eigenvalue weighted by Gasteiger charge is -2.16. The summed E-state index contributed by atoms with van der Waals surface area (Å²) in [5.41, 5.74) is 0.105. The number of carbonyl (C=O) groups is 2. The lowest BCUT2D eigenvalue weighted by Crippen LogP contribution is -2.30. The van der Waals surface area contributed by atoms with Crippen LogP contribution in [0.5, 0.6) is 0 Å². The molecule has 0 aromatic carbocycles. The maximum atomic E-state index is 12.1. The molecule has 1 N–H and O–H groups in total. The number of hydrogen-bond acceptors (Lipinski definition) is 4. The van der Waals surface area contributed by atoms with E-state index in [4.69, 9.17) is 16.7 Å². The van der Waals surface area contributed by atoms with Crippen molar-refractivity contribution in [2.24, 2.45) is 0 Å². The number of amides is 1. The molecule has 0 aliphatic rings. The van der Waals surface area contributed by atoms with Crippen LogP contribution in [0.25, 0.3) is 0 Å². The third-order valence-electron chi connectivity index (χ3n) is 2.49. The van der Waals surface area contributed by atoms with E-state index >= 15 is 0 Å². The number of aromatic nitrogens is 2. The van der Waals surface area contributed by atoms with Crippen molar-refractivity contribution in [3.63, 3.8) is 0 Å². The molecule has 1 aromatic rings. The predicted octanol–water partition coefficient (Wildman–Crippen LogP) is 1.80. The van der Waals surface area contributed by atoms with Crippen LogP contribution in [0, 0.1) is 0 Å². The average Bonchev–Trinajstić information content (AvgIpc) is 2.35. The van der Waals surface area contributed by atoms with E-state index in [-0.39, 0.29) is 29.6 Å². The van der Waals surface area contributed by atoms with E-state index in [0.29, 0.717) is 5.82 Å². The first-order chi connectivity index (χ1) is 8.82. The molecular formula is C12H16ClN3O3. The van der Waals surface area contributed by atoms with Crippen LogP contribution in [0.4, 0.5) is 0 Å². The van der Waals surface area contributed by atoms with Gasteiger partial charge in [-0.05, 0) is 0 Å². The molecule has 1 heterocycles. The molecule has 0 bridgehead atoms. The highest BCUT2D eigenvalue weighted by Gasteiger charge is 2.19. The fourth-order valence-electron chi connectivity index (χ4n) is 1.35. The third kappa shape index (κ3) is 4.17. The number of rotatable bonds is 5. The van der Waals surface area contributed by atoms with Crippen molar-refractivity contribution in [2.45, 2.75) is 26.2 Å². The van der Waals surface area contributed by atoms with Gasteiger partial charge < -0.3 is 10.0 Å². The minimum atomic E-state index is -0.962. The highest BCUT2D eigenvalue weighted by molar-refractivity contribution is 6.33. The van der Waals surface area contributed by atoms with E-state index < -0.39 is 11.9 Å². The van der Waals surface area contributed by atoms with Crippen LogP contribution in [0.1, 0.15) is 42.5 Å². The third-order valence-corrected chi connectivity index (χ3v) is 2.77. The van der Waals surface area contributed by atoms with Crippen molar-refractivity contribution in [1.29, 1.82) is 0 Å². The second-order valence-electron chi connectivity index (χ2n) is 4.45. The van der Waals surface area contributed by atoms with Crippen LogP contribution in [0.2, 0.25) is 5.02 Å². The Hall–Kier alpha value is -1.69. The normalized spacial score (nSPS) is 10.6. The maximum absolute atomic E-state index is 12.1. The number of carbonyl (C=O) groups excluding carboxylic acids is 1. The lowest BCUT2D eigenvalue weighted by molar-refractivity contribution is -0.137. The van der Waals surface area contributed by atoms with E-state index in [1.807, 2.05) is 13.8 Å². The SMILES string of the molecule is CC(C)c1ncc(Cl)c(C(=O)N(C)CCC(=O)O)n1. The molecule has 0 atom stereocenters. The Morgan fingerprint density at radius 2 is 2.11 bits per heavy atom. The first-order valence-electron chi connectivity index (χ1n) is 5.82. The summed E-state index contributed by atoms with van der Waals surface area (Å²) in [5.74, 6) is -0.764. The summed E-state index contributed by atoms with van der Waals surface area (Å²) in [5, 5.41) is 8.76. The molecule has 0 fully saturated rings. The summed E-state index contributed by atoms with van der Waals surface area (Å²) in [6.07, 6.45) is 1.27. The van der Waals surface area contributed by atoms with Gasteiger partial charge in [0.05, 0.1) is 17.6 Å². The van der Waals surface area contributed by atoms with E-state index in [1.54, 1.807) is 0 Å². The van der Waals surface area contributed by atoms with Crippen LogP contribution in [0.15, 0.2) is 6.20 Å². The van der Waals surface area contributed by atoms with Crippen LogP contribution in [-0.2, 0) is 4.79 Å². The van der Waals surface area contributed by atoms with Crippen LogP contribution in [-0.4, -0.2) is 45.4 Å². The zero-order chi connectivity index (χ0) is 14.6. The maximum Gasteiger partial charge on any atom is 0.305 e. The molecule has 0 unspecified atom stereocenters. The molecule has 1 rings (SSSR count). The second-order valence-corrected chi connectivity index (χ2v) is 4.86. The second kappa shape index (κ2) is 6.47. The summed E-state index contributed by atoms with van der Waals surface area (Å²) in [7, 11) is 1.51. The van der Waals surface area contributed by atoms with Crippen molar-refractivity contribution in [2.75, 3.05) is 13.6 Å². The van der Waals surface area contributed by atoms with E-state index in [1.165, 1.54) is 18.1 Å². The average molecular weight is 286 g/mol. The van der Waals surface area contributed by atoms with Gasteiger partial charge >= 0.3 is 5.97 Å². The van der Waals surface area contributed by atoms with Gasteiger partial charge in [-0.1, -0.05) is 25.4 Å². The van der Waals surface area contributed by atoms with Gasteiger partial charge in [-0.15, -0.1) is 0 Å². The highest BCUT2D eigenvalue weighted by Crippen LogP contribution is 2.17. The number of carboxylic acids is 1. The van der Waals surface area contributed by atoms with Gasteiger partial charge in [0.15, 0.2) is 5.69 Å². The standard InChI is InChI=1S/C12H16ClN3O3/c1-7(2)11-14-6-8(13)10(15-11)12(19)16(3)5-4-9(17)18/h6-7H,4-5H2,1-3H3,(H,17,18). The van der Waals surface area contributed by atoms with Gasteiger partial charge in [0, 0.05) is 19.5 Å². The molecule has 0 aliphatic heterocycles. The molecule has 6 nitrogen and oxygen atoms in total. The van der Waals surface area contributed by atoms with Gasteiger partial charge in [0.2, 0.25) is 0 Å². The topological polar surface area (TPSA) is 83.4 Å².